The molecule has 4 atom stereocenters. The monoisotopic (exact) mass is 314 g/mol. The molecule has 7 N–H and O–H groups in total. The Kier molecular flexibility index (Phi) is 6.89. The lowest BCUT2D eigenvalue weighted by molar-refractivity contribution is -0.0999. The van der Waals surface area contributed by atoms with Crippen molar-refractivity contribution < 1.29 is 35.4 Å². The minimum atomic E-state index is -1.81. The summed E-state index contributed by atoms with van der Waals surface area (Å²) in [6.45, 7) is -0.799. The van der Waals surface area contributed by atoms with E-state index < -0.39 is 36.9 Å². The summed E-state index contributed by atoms with van der Waals surface area (Å²) < 4.78 is 0. The SMILES string of the molecule is O=C(N/N=C\[C@H](O)[C@H](O)[C@@H](O)[C@@H](O)CO)c1ccccc1O. The number of carbonyl (C=O) groups excluding carboxylic acids is 1. The molecule has 1 amide bonds. The number of carbonyl (C=O) groups is 1. The van der Waals surface area contributed by atoms with Crippen LogP contribution >= 0.6 is 0 Å². The summed E-state index contributed by atoms with van der Waals surface area (Å²) in [7, 11) is 0. The summed E-state index contributed by atoms with van der Waals surface area (Å²) >= 11 is 0. The van der Waals surface area contributed by atoms with Gasteiger partial charge < -0.3 is 30.6 Å². The van der Waals surface area contributed by atoms with Gasteiger partial charge in [-0.3, -0.25) is 4.79 Å². The Bertz CT molecular complexity index is 523. The Morgan fingerprint density at radius 2 is 1.82 bits per heavy atom. The van der Waals surface area contributed by atoms with Crippen molar-refractivity contribution in [2.75, 3.05) is 6.61 Å². The third-order valence-corrected chi connectivity index (χ3v) is 2.82. The number of nitrogens with zero attached hydrogens (tertiary/aromatic N) is 1. The van der Waals surface area contributed by atoms with Gasteiger partial charge in [0.1, 0.15) is 30.2 Å². The van der Waals surface area contributed by atoms with E-state index >= 15 is 0 Å². The maximum absolute atomic E-state index is 11.7. The van der Waals surface area contributed by atoms with Gasteiger partial charge in [0.25, 0.3) is 5.91 Å². The highest BCUT2D eigenvalue weighted by Crippen LogP contribution is 2.14. The van der Waals surface area contributed by atoms with Crippen LogP contribution in [0.15, 0.2) is 29.4 Å². The maximum atomic E-state index is 11.7. The number of hydrogen-bond donors (Lipinski definition) is 7. The zero-order valence-corrected chi connectivity index (χ0v) is 11.4. The number of nitrogens with one attached hydrogen (secondary N) is 1. The zero-order chi connectivity index (χ0) is 16.7. The predicted octanol–water partition coefficient (Wildman–Crippen LogP) is -2.46. The van der Waals surface area contributed by atoms with E-state index in [1.165, 1.54) is 24.3 Å². The van der Waals surface area contributed by atoms with Crippen LogP contribution in [-0.2, 0) is 0 Å². The Morgan fingerprint density at radius 3 is 2.41 bits per heavy atom. The molecule has 122 valence electrons. The molecule has 0 bridgehead atoms. The van der Waals surface area contributed by atoms with Crippen LogP contribution in [0.5, 0.6) is 5.75 Å². The number of hydrazone groups is 1. The first-order valence-corrected chi connectivity index (χ1v) is 6.33. The summed E-state index contributed by atoms with van der Waals surface area (Å²) in [5, 5.41) is 59.0. The fourth-order valence-electron chi connectivity index (χ4n) is 1.52. The van der Waals surface area contributed by atoms with Crippen LogP contribution in [-0.4, -0.2) is 73.8 Å². The lowest BCUT2D eigenvalue weighted by Gasteiger charge is -2.23. The number of phenols is 1. The molecule has 0 spiro atoms. The fourth-order valence-corrected chi connectivity index (χ4v) is 1.52. The third-order valence-electron chi connectivity index (χ3n) is 2.82. The highest BCUT2D eigenvalue weighted by molar-refractivity contribution is 5.96. The van der Waals surface area contributed by atoms with E-state index in [9.17, 15) is 25.2 Å². The van der Waals surface area contributed by atoms with Gasteiger partial charge in [-0.2, -0.15) is 5.10 Å². The van der Waals surface area contributed by atoms with Crippen molar-refractivity contribution in [1.29, 1.82) is 0 Å². The molecule has 0 saturated heterocycles. The van der Waals surface area contributed by atoms with Gasteiger partial charge in [-0.25, -0.2) is 5.43 Å². The number of hydrogen-bond acceptors (Lipinski definition) is 8. The van der Waals surface area contributed by atoms with Crippen molar-refractivity contribution in [2.24, 2.45) is 5.10 Å². The molecule has 0 unspecified atom stereocenters. The van der Waals surface area contributed by atoms with Crippen LogP contribution in [0, 0.1) is 0 Å². The van der Waals surface area contributed by atoms with Gasteiger partial charge in [0.05, 0.1) is 18.4 Å². The summed E-state index contributed by atoms with van der Waals surface area (Å²) in [4.78, 5) is 11.7. The van der Waals surface area contributed by atoms with Crippen LogP contribution in [0.4, 0.5) is 0 Å². The van der Waals surface area contributed by atoms with Crippen molar-refractivity contribution in [3.8, 4) is 5.75 Å². The fraction of sp³-hybridized carbons (Fsp3) is 0.385. The maximum Gasteiger partial charge on any atom is 0.275 e. The number of phenolic OH excluding ortho intramolecular Hbond substituents is 1. The van der Waals surface area contributed by atoms with Crippen molar-refractivity contribution in [3.63, 3.8) is 0 Å². The number of amides is 1. The van der Waals surface area contributed by atoms with Gasteiger partial charge in [-0.05, 0) is 12.1 Å². The van der Waals surface area contributed by atoms with E-state index in [2.05, 4.69) is 5.10 Å². The van der Waals surface area contributed by atoms with Crippen LogP contribution in [0.3, 0.4) is 0 Å². The average molecular weight is 314 g/mol. The van der Waals surface area contributed by atoms with Crippen molar-refractivity contribution in [2.45, 2.75) is 24.4 Å². The molecule has 0 saturated carbocycles. The molecule has 9 heteroatoms. The van der Waals surface area contributed by atoms with Crippen molar-refractivity contribution in [3.05, 3.63) is 29.8 Å². The number of aliphatic hydroxyl groups is 5. The molecule has 1 rings (SSSR count). The molecular formula is C13H18N2O7. The Morgan fingerprint density at radius 1 is 1.18 bits per heavy atom. The highest BCUT2D eigenvalue weighted by Gasteiger charge is 2.29. The van der Waals surface area contributed by atoms with Crippen LogP contribution in [0.1, 0.15) is 10.4 Å². The topological polar surface area (TPSA) is 163 Å². The van der Waals surface area contributed by atoms with Gasteiger partial charge in [-0.1, -0.05) is 12.1 Å². The van der Waals surface area contributed by atoms with Gasteiger partial charge in [0.15, 0.2) is 0 Å². The Labute approximate surface area is 125 Å². The molecule has 0 aliphatic carbocycles. The summed E-state index contributed by atoms with van der Waals surface area (Å²) in [6.07, 6.45) is -6.20. The molecule has 0 fully saturated rings. The number of rotatable bonds is 7. The minimum absolute atomic E-state index is 0.0366. The number of aromatic hydroxyl groups is 1. The predicted molar refractivity (Wildman–Crippen MR) is 75.2 cm³/mol. The molecule has 0 aromatic heterocycles. The molecule has 1 aromatic rings. The van der Waals surface area contributed by atoms with Crippen LogP contribution < -0.4 is 5.43 Å². The average Bonchev–Trinajstić information content (AvgIpc) is 2.52. The zero-order valence-electron chi connectivity index (χ0n) is 11.4. The molecule has 0 aliphatic heterocycles. The quantitative estimate of drug-likeness (QED) is 0.217. The summed E-state index contributed by atoms with van der Waals surface area (Å²) in [6, 6.07) is 5.73. The molecule has 0 radical (unpaired) electrons. The molecular weight excluding hydrogens is 296 g/mol. The molecule has 9 nitrogen and oxygen atoms in total. The number of benzene rings is 1. The third kappa shape index (κ3) is 4.76. The first-order valence-electron chi connectivity index (χ1n) is 6.33. The van der Waals surface area contributed by atoms with Crippen LogP contribution in [0.2, 0.25) is 0 Å². The lowest BCUT2D eigenvalue weighted by atomic mass is 10.0. The number of aliphatic hydroxyl groups excluding tert-OH is 5. The Balaban J connectivity index is 2.58. The minimum Gasteiger partial charge on any atom is -0.507 e. The normalized spacial score (nSPS) is 17.0. The van der Waals surface area contributed by atoms with E-state index in [-0.39, 0.29) is 11.3 Å². The second kappa shape index (κ2) is 8.41. The van der Waals surface area contributed by atoms with Gasteiger partial charge in [0.2, 0.25) is 0 Å². The van der Waals surface area contributed by atoms with E-state index in [0.29, 0.717) is 0 Å². The first kappa shape index (κ1) is 18.0. The van der Waals surface area contributed by atoms with Crippen molar-refractivity contribution >= 4 is 12.1 Å². The van der Waals surface area contributed by atoms with E-state index in [0.717, 1.165) is 6.21 Å². The molecule has 0 heterocycles. The molecule has 0 aliphatic rings. The molecule has 22 heavy (non-hydrogen) atoms. The second-order valence-electron chi connectivity index (χ2n) is 4.46. The van der Waals surface area contributed by atoms with E-state index in [1.807, 2.05) is 5.43 Å². The molecule has 1 aromatic carbocycles. The Hall–Kier alpha value is -2.04. The lowest BCUT2D eigenvalue weighted by Crippen LogP contribution is -2.46. The summed E-state index contributed by atoms with van der Waals surface area (Å²) in [5.41, 5.74) is 1.98. The van der Waals surface area contributed by atoms with Gasteiger partial charge in [0, 0.05) is 0 Å². The van der Waals surface area contributed by atoms with Crippen LogP contribution in [0.25, 0.3) is 0 Å². The first-order chi connectivity index (χ1) is 10.4. The van der Waals surface area contributed by atoms with Gasteiger partial charge >= 0.3 is 0 Å². The summed E-state index contributed by atoms with van der Waals surface area (Å²) in [5.74, 6) is -0.996. The van der Waals surface area contributed by atoms with E-state index in [4.69, 9.17) is 10.2 Å². The van der Waals surface area contributed by atoms with Crippen molar-refractivity contribution in [1.82, 2.24) is 5.43 Å². The highest BCUT2D eigenvalue weighted by atomic mass is 16.4. The smallest absolute Gasteiger partial charge is 0.275 e. The second-order valence-corrected chi connectivity index (χ2v) is 4.46. The largest absolute Gasteiger partial charge is 0.507 e. The van der Waals surface area contributed by atoms with Gasteiger partial charge in [-0.15, -0.1) is 0 Å². The van der Waals surface area contributed by atoms with E-state index in [1.54, 1.807) is 0 Å². The number of para-hydroxylation sites is 1. The standard InChI is InChI=1S/C13H18N2O7/c16-6-10(19)12(21)11(20)9(18)5-14-15-13(22)7-3-1-2-4-8(7)17/h1-5,9-12,16-21H,6H2,(H,15,22)/b14-5-/t9-,10-,11-,12-/m0/s1.